The molecule has 0 unspecified atom stereocenters. The Labute approximate surface area is 115 Å². The highest BCUT2D eigenvalue weighted by atomic mass is 79.9. The molecule has 0 aliphatic carbocycles. The predicted octanol–water partition coefficient (Wildman–Crippen LogP) is 2.69. The molecule has 1 saturated heterocycles. The maximum Gasteiger partial charge on any atom is 0.321 e. The Bertz CT molecular complexity index is 417. The molecule has 0 radical (unpaired) electrons. The number of benzene rings is 1. The summed E-state index contributed by atoms with van der Waals surface area (Å²) < 4.78 is 0.944. The zero-order valence-corrected chi connectivity index (χ0v) is 11.7. The number of halogens is 1. The average Bonchev–Trinajstić information content (AvgIpc) is 2.39. The minimum Gasteiger partial charge on any atom is -0.396 e. The number of aliphatic hydroxyl groups is 1. The van der Waals surface area contributed by atoms with Crippen molar-refractivity contribution in [3.63, 3.8) is 0 Å². The second-order valence-electron chi connectivity index (χ2n) is 4.55. The largest absolute Gasteiger partial charge is 0.396 e. The summed E-state index contributed by atoms with van der Waals surface area (Å²) in [6.45, 7) is 1.65. The fraction of sp³-hybridized carbons (Fsp3) is 0.462. The van der Waals surface area contributed by atoms with Gasteiger partial charge in [-0.05, 0) is 37.0 Å². The van der Waals surface area contributed by atoms with E-state index in [2.05, 4.69) is 21.2 Å². The summed E-state index contributed by atoms with van der Waals surface area (Å²) >= 11 is 3.37. The van der Waals surface area contributed by atoms with Gasteiger partial charge in [-0.2, -0.15) is 0 Å². The maximum atomic E-state index is 12.0. The third-order valence-corrected chi connectivity index (χ3v) is 3.73. The Balaban J connectivity index is 1.89. The Kier molecular flexibility index (Phi) is 4.60. The van der Waals surface area contributed by atoms with Crippen molar-refractivity contribution in [1.29, 1.82) is 0 Å². The Morgan fingerprint density at radius 2 is 2.17 bits per heavy atom. The smallest absolute Gasteiger partial charge is 0.321 e. The van der Waals surface area contributed by atoms with Gasteiger partial charge < -0.3 is 15.3 Å². The minimum absolute atomic E-state index is 0.0653. The molecule has 1 aromatic carbocycles. The monoisotopic (exact) mass is 312 g/mol. The molecule has 5 heteroatoms. The molecule has 0 spiro atoms. The lowest BCUT2D eigenvalue weighted by Gasteiger charge is -2.31. The van der Waals surface area contributed by atoms with Gasteiger partial charge >= 0.3 is 6.03 Å². The van der Waals surface area contributed by atoms with E-state index < -0.39 is 0 Å². The highest BCUT2D eigenvalue weighted by Crippen LogP contribution is 2.19. The van der Waals surface area contributed by atoms with Gasteiger partial charge in [0.25, 0.3) is 0 Å². The topological polar surface area (TPSA) is 52.6 Å². The van der Waals surface area contributed by atoms with Crippen molar-refractivity contribution in [2.75, 3.05) is 25.0 Å². The number of rotatable bonds is 2. The molecule has 0 atom stereocenters. The van der Waals surface area contributed by atoms with Gasteiger partial charge in [0.2, 0.25) is 0 Å². The van der Waals surface area contributed by atoms with Crippen LogP contribution in [0.3, 0.4) is 0 Å². The van der Waals surface area contributed by atoms with Crippen LogP contribution in [0.1, 0.15) is 12.8 Å². The van der Waals surface area contributed by atoms with Gasteiger partial charge in [-0.25, -0.2) is 4.79 Å². The lowest BCUT2D eigenvalue weighted by atomic mass is 9.98. The van der Waals surface area contributed by atoms with E-state index in [-0.39, 0.29) is 12.6 Å². The summed E-state index contributed by atoms with van der Waals surface area (Å²) in [5.74, 6) is 0.347. The number of carbonyl (C=O) groups excluding carboxylic acids is 1. The molecule has 1 fully saturated rings. The number of hydrogen-bond acceptors (Lipinski definition) is 2. The third-order valence-electron chi connectivity index (χ3n) is 3.24. The van der Waals surface area contributed by atoms with Crippen LogP contribution in [0.15, 0.2) is 28.7 Å². The minimum atomic E-state index is -0.0653. The van der Waals surface area contributed by atoms with Gasteiger partial charge in [0, 0.05) is 29.9 Å². The second-order valence-corrected chi connectivity index (χ2v) is 5.47. The SMILES string of the molecule is O=C(Nc1cccc(Br)c1)N1CCC(CO)CC1. The van der Waals surface area contributed by atoms with Crippen LogP contribution in [0.25, 0.3) is 0 Å². The zero-order valence-electron chi connectivity index (χ0n) is 10.1. The number of piperidine rings is 1. The van der Waals surface area contributed by atoms with Crippen molar-refractivity contribution < 1.29 is 9.90 Å². The molecular weight excluding hydrogens is 296 g/mol. The normalized spacial score (nSPS) is 16.7. The summed E-state index contributed by atoms with van der Waals surface area (Å²) in [4.78, 5) is 13.8. The molecule has 1 aliphatic heterocycles. The van der Waals surface area contributed by atoms with Gasteiger partial charge in [0.1, 0.15) is 0 Å². The predicted molar refractivity (Wildman–Crippen MR) is 74.5 cm³/mol. The maximum absolute atomic E-state index is 12.0. The lowest BCUT2D eigenvalue weighted by Crippen LogP contribution is -2.41. The number of likely N-dealkylation sites (tertiary alicyclic amines) is 1. The number of amides is 2. The highest BCUT2D eigenvalue weighted by Gasteiger charge is 2.22. The number of anilines is 1. The van der Waals surface area contributed by atoms with E-state index in [0.717, 1.165) is 23.0 Å². The van der Waals surface area contributed by atoms with Gasteiger partial charge in [0.05, 0.1) is 0 Å². The number of aliphatic hydroxyl groups excluding tert-OH is 1. The first-order chi connectivity index (χ1) is 8.69. The summed E-state index contributed by atoms with van der Waals surface area (Å²) in [7, 11) is 0. The van der Waals surface area contributed by atoms with Crippen molar-refractivity contribution in [1.82, 2.24) is 4.90 Å². The molecule has 1 aromatic rings. The lowest BCUT2D eigenvalue weighted by molar-refractivity contribution is 0.143. The molecule has 1 heterocycles. The quantitative estimate of drug-likeness (QED) is 0.882. The van der Waals surface area contributed by atoms with Gasteiger partial charge in [-0.3, -0.25) is 0 Å². The average molecular weight is 313 g/mol. The van der Waals surface area contributed by atoms with Crippen LogP contribution >= 0.6 is 15.9 Å². The second kappa shape index (κ2) is 6.20. The van der Waals surface area contributed by atoms with Crippen molar-refractivity contribution in [3.05, 3.63) is 28.7 Å². The van der Waals surface area contributed by atoms with Gasteiger partial charge in [-0.1, -0.05) is 22.0 Å². The molecule has 2 rings (SSSR count). The summed E-state index contributed by atoms with van der Waals surface area (Å²) in [6.07, 6.45) is 1.75. The van der Waals surface area contributed by atoms with E-state index in [1.54, 1.807) is 4.90 Å². The van der Waals surface area contributed by atoms with E-state index >= 15 is 0 Å². The van der Waals surface area contributed by atoms with E-state index in [1.165, 1.54) is 0 Å². The van der Waals surface area contributed by atoms with Crippen LogP contribution in [0.2, 0.25) is 0 Å². The van der Waals surface area contributed by atoms with Gasteiger partial charge in [0.15, 0.2) is 0 Å². The number of nitrogens with one attached hydrogen (secondary N) is 1. The molecule has 4 nitrogen and oxygen atoms in total. The van der Waals surface area contributed by atoms with Crippen molar-refractivity contribution in [2.24, 2.45) is 5.92 Å². The van der Waals surface area contributed by atoms with Crippen LogP contribution in [-0.2, 0) is 0 Å². The van der Waals surface area contributed by atoms with Crippen LogP contribution in [0.5, 0.6) is 0 Å². The molecule has 0 bridgehead atoms. The first-order valence-electron chi connectivity index (χ1n) is 6.11. The third kappa shape index (κ3) is 3.46. The van der Waals surface area contributed by atoms with Crippen molar-refractivity contribution in [2.45, 2.75) is 12.8 Å². The van der Waals surface area contributed by atoms with E-state index in [0.29, 0.717) is 19.0 Å². The highest BCUT2D eigenvalue weighted by molar-refractivity contribution is 9.10. The van der Waals surface area contributed by atoms with Crippen LogP contribution < -0.4 is 5.32 Å². The fourth-order valence-corrected chi connectivity index (χ4v) is 2.49. The van der Waals surface area contributed by atoms with E-state index in [1.807, 2.05) is 24.3 Å². The first-order valence-corrected chi connectivity index (χ1v) is 6.90. The van der Waals surface area contributed by atoms with Crippen molar-refractivity contribution >= 4 is 27.6 Å². The zero-order chi connectivity index (χ0) is 13.0. The molecule has 2 N–H and O–H groups in total. The van der Waals surface area contributed by atoms with Crippen LogP contribution in [0, 0.1) is 5.92 Å². The number of hydrogen-bond donors (Lipinski definition) is 2. The summed E-state index contributed by atoms with van der Waals surface area (Å²) in [5.41, 5.74) is 0.790. The number of carbonyl (C=O) groups is 1. The van der Waals surface area contributed by atoms with Gasteiger partial charge in [-0.15, -0.1) is 0 Å². The van der Waals surface area contributed by atoms with E-state index in [4.69, 9.17) is 5.11 Å². The molecule has 18 heavy (non-hydrogen) atoms. The standard InChI is InChI=1S/C13H17BrN2O2/c14-11-2-1-3-12(8-11)15-13(18)16-6-4-10(9-17)5-7-16/h1-3,8,10,17H,4-7,9H2,(H,15,18). The number of urea groups is 1. The summed E-state index contributed by atoms with van der Waals surface area (Å²) in [5, 5.41) is 11.9. The molecule has 98 valence electrons. The molecular formula is C13H17BrN2O2. The molecule has 1 aliphatic rings. The first kappa shape index (κ1) is 13.4. The summed E-state index contributed by atoms with van der Waals surface area (Å²) in [6, 6.07) is 7.48. The molecule has 0 saturated carbocycles. The van der Waals surface area contributed by atoms with E-state index in [9.17, 15) is 4.79 Å². The Hall–Kier alpha value is -1.07. The van der Waals surface area contributed by atoms with Crippen LogP contribution in [-0.4, -0.2) is 35.7 Å². The van der Waals surface area contributed by atoms with Crippen LogP contribution in [0.4, 0.5) is 10.5 Å². The Morgan fingerprint density at radius 3 is 2.78 bits per heavy atom. The fourth-order valence-electron chi connectivity index (χ4n) is 2.09. The Morgan fingerprint density at radius 1 is 1.44 bits per heavy atom. The van der Waals surface area contributed by atoms with Crippen molar-refractivity contribution in [3.8, 4) is 0 Å². The molecule has 0 aromatic heterocycles. The molecule has 2 amide bonds. The number of nitrogens with zero attached hydrogens (tertiary/aromatic N) is 1.